The SMILES string of the molecule is CCOC(=O)/C(C)=N\Nc1ccc(OC)c2occc(=O)c12. The molecule has 0 bridgehead atoms. The van der Waals surface area contributed by atoms with Gasteiger partial charge in [-0.15, -0.1) is 0 Å². The van der Waals surface area contributed by atoms with E-state index in [2.05, 4.69) is 10.5 Å². The summed E-state index contributed by atoms with van der Waals surface area (Å²) in [4.78, 5) is 23.6. The summed E-state index contributed by atoms with van der Waals surface area (Å²) < 4.78 is 15.3. The standard InChI is InChI=1S/C15H16N2O5/c1-4-21-15(19)9(2)16-17-10-5-6-12(20-3)14-13(10)11(18)7-8-22-14/h5-8,17H,4H2,1-3H3/b16-9-. The molecule has 1 aromatic carbocycles. The zero-order valence-corrected chi connectivity index (χ0v) is 12.5. The number of anilines is 1. The number of nitrogens with zero attached hydrogens (tertiary/aromatic N) is 1. The number of ether oxygens (including phenoxy) is 2. The van der Waals surface area contributed by atoms with Crippen LogP contribution in [0.15, 0.2) is 38.8 Å². The maximum atomic E-state index is 12.1. The number of nitrogens with one attached hydrogen (secondary N) is 1. The van der Waals surface area contributed by atoms with Crippen LogP contribution in [0.3, 0.4) is 0 Å². The molecule has 0 unspecified atom stereocenters. The van der Waals surface area contributed by atoms with Crippen molar-refractivity contribution in [1.29, 1.82) is 0 Å². The quantitative estimate of drug-likeness (QED) is 0.517. The van der Waals surface area contributed by atoms with Gasteiger partial charge in [0.1, 0.15) is 5.71 Å². The van der Waals surface area contributed by atoms with Crippen molar-refractivity contribution in [3.63, 3.8) is 0 Å². The molecule has 0 amide bonds. The Labute approximate surface area is 126 Å². The van der Waals surface area contributed by atoms with Crippen molar-refractivity contribution in [2.45, 2.75) is 13.8 Å². The molecule has 2 aromatic rings. The lowest BCUT2D eigenvalue weighted by molar-refractivity contribution is -0.135. The molecule has 0 aliphatic carbocycles. The summed E-state index contributed by atoms with van der Waals surface area (Å²) in [6.45, 7) is 3.49. The molecule has 0 aliphatic heterocycles. The van der Waals surface area contributed by atoms with E-state index in [1.807, 2.05) is 0 Å². The topological polar surface area (TPSA) is 90.1 Å². The molecule has 0 spiro atoms. The summed E-state index contributed by atoms with van der Waals surface area (Å²) in [5, 5.41) is 4.22. The normalized spacial score (nSPS) is 11.3. The van der Waals surface area contributed by atoms with Gasteiger partial charge in [-0.3, -0.25) is 10.2 Å². The van der Waals surface area contributed by atoms with Gasteiger partial charge < -0.3 is 13.9 Å². The van der Waals surface area contributed by atoms with Gasteiger partial charge in [0.15, 0.2) is 16.8 Å². The molecule has 7 heteroatoms. The van der Waals surface area contributed by atoms with Gasteiger partial charge in [-0.1, -0.05) is 0 Å². The van der Waals surface area contributed by atoms with Gasteiger partial charge in [-0.25, -0.2) is 4.79 Å². The number of fused-ring (bicyclic) bond motifs is 1. The second kappa shape index (κ2) is 6.75. The molecule has 0 atom stereocenters. The molecular formula is C15H16N2O5. The molecular weight excluding hydrogens is 288 g/mol. The predicted molar refractivity (Wildman–Crippen MR) is 82.4 cm³/mol. The van der Waals surface area contributed by atoms with Crippen molar-refractivity contribution in [3.05, 3.63) is 34.7 Å². The zero-order chi connectivity index (χ0) is 16.1. The van der Waals surface area contributed by atoms with Crippen LogP contribution in [0, 0.1) is 0 Å². The highest BCUT2D eigenvalue weighted by Gasteiger charge is 2.12. The Hall–Kier alpha value is -2.83. The van der Waals surface area contributed by atoms with Gasteiger partial charge in [-0.2, -0.15) is 5.10 Å². The number of hydrogen-bond donors (Lipinski definition) is 1. The first kappa shape index (κ1) is 15.6. The number of carbonyl (C=O) groups excluding carboxylic acids is 1. The van der Waals surface area contributed by atoms with Crippen LogP contribution in [0.1, 0.15) is 13.8 Å². The van der Waals surface area contributed by atoms with E-state index in [1.54, 1.807) is 19.1 Å². The number of hydrogen-bond acceptors (Lipinski definition) is 7. The van der Waals surface area contributed by atoms with Crippen LogP contribution in [-0.4, -0.2) is 25.4 Å². The Bertz CT molecular complexity index is 779. The Morgan fingerprint density at radius 2 is 2.14 bits per heavy atom. The number of hydrazone groups is 1. The van der Waals surface area contributed by atoms with Gasteiger partial charge in [0, 0.05) is 6.07 Å². The number of methoxy groups -OCH3 is 1. The number of rotatable bonds is 5. The summed E-state index contributed by atoms with van der Waals surface area (Å²) >= 11 is 0. The van der Waals surface area contributed by atoms with Gasteiger partial charge in [0.2, 0.25) is 0 Å². The Morgan fingerprint density at radius 3 is 2.82 bits per heavy atom. The lowest BCUT2D eigenvalue weighted by Crippen LogP contribution is -2.15. The van der Waals surface area contributed by atoms with Gasteiger partial charge >= 0.3 is 5.97 Å². The molecule has 1 N–H and O–H groups in total. The first-order valence-electron chi connectivity index (χ1n) is 6.64. The summed E-state index contributed by atoms with van der Waals surface area (Å²) in [7, 11) is 1.48. The van der Waals surface area contributed by atoms with Crippen molar-refractivity contribution in [1.82, 2.24) is 0 Å². The first-order valence-corrected chi connectivity index (χ1v) is 6.64. The minimum absolute atomic E-state index is 0.145. The van der Waals surface area contributed by atoms with E-state index in [-0.39, 0.29) is 17.7 Å². The molecule has 0 fully saturated rings. The molecule has 1 aromatic heterocycles. The largest absolute Gasteiger partial charge is 0.493 e. The highest BCUT2D eigenvalue weighted by molar-refractivity contribution is 6.35. The van der Waals surface area contributed by atoms with E-state index in [9.17, 15) is 9.59 Å². The fourth-order valence-electron chi connectivity index (χ4n) is 1.85. The monoisotopic (exact) mass is 304 g/mol. The Balaban J connectivity index is 2.43. The number of esters is 1. The summed E-state index contributed by atoms with van der Waals surface area (Å²) in [6, 6.07) is 4.57. The Morgan fingerprint density at radius 1 is 1.36 bits per heavy atom. The molecule has 1 heterocycles. The van der Waals surface area contributed by atoms with Gasteiger partial charge in [0.05, 0.1) is 31.1 Å². The summed E-state index contributed by atoms with van der Waals surface area (Å²) in [6.07, 6.45) is 1.30. The van der Waals surface area contributed by atoms with E-state index < -0.39 is 5.97 Å². The first-order chi connectivity index (χ1) is 10.6. The summed E-state index contributed by atoms with van der Waals surface area (Å²) in [5.74, 6) is -0.0933. The third-order valence-corrected chi connectivity index (χ3v) is 2.91. The lowest BCUT2D eigenvalue weighted by Gasteiger charge is -2.08. The molecule has 22 heavy (non-hydrogen) atoms. The van der Waals surface area contributed by atoms with Gasteiger partial charge in [-0.05, 0) is 26.0 Å². The van der Waals surface area contributed by atoms with E-state index in [1.165, 1.54) is 26.4 Å². The third-order valence-electron chi connectivity index (χ3n) is 2.91. The lowest BCUT2D eigenvalue weighted by atomic mass is 10.2. The van der Waals surface area contributed by atoms with Crippen LogP contribution in [0.2, 0.25) is 0 Å². The minimum atomic E-state index is -0.528. The number of benzene rings is 1. The van der Waals surface area contributed by atoms with Crippen LogP contribution in [0.5, 0.6) is 5.75 Å². The molecule has 2 rings (SSSR count). The van der Waals surface area contributed by atoms with E-state index in [4.69, 9.17) is 13.9 Å². The molecule has 0 saturated carbocycles. The highest BCUT2D eigenvalue weighted by atomic mass is 16.5. The molecule has 0 aliphatic rings. The van der Waals surface area contributed by atoms with Crippen molar-refractivity contribution in [2.75, 3.05) is 19.1 Å². The van der Waals surface area contributed by atoms with Crippen LogP contribution >= 0.6 is 0 Å². The smallest absolute Gasteiger partial charge is 0.354 e. The second-order valence-corrected chi connectivity index (χ2v) is 4.33. The second-order valence-electron chi connectivity index (χ2n) is 4.33. The number of carbonyl (C=O) groups is 1. The van der Waals surface area contributed by atoms with Crippen molar-refractivity contribution in [2.24, 2.45) is 5.10 Å². The van der Waals surface area contributed by atoms with Crippen molar-refractivity contribution in [3.8, 4) is 5.75 Å². The average Bonchev–Trinajstić information content (AvgIpc) is 2.52. The van der Waals surface area contributed by atoms with E-state index in [0.29, 0.717) is 22.4 Å². The maximum Gasteiger partial charge on any atom is 0.354 e. The molecule has 116 valence electrons. The van der Waals surface area contributed by atoms with E-state index in [0.717, 1.165) is 0 Å². The highest BCUT2D eigenvalue weighted by Crippen LogP contribution is 2.29. The summed E-state index contributed by atoms with van der Waals surface area (Å²) in [5.41, 5.74) is 3.31. The van der Waals surface area contributed by atoms with Crippen LogP contribution in [0.4, 0.5) is 5.69 Å². The van der Waals surface area contributed by atoms with Crippen molar-refractivity contribution >= 4 is 28.3 Å². The third kappa shape index (κ3) is 3.08. The minimum Gasteiger partial charge on any atom is -0.493 e. The average molecular weight is 304 g/mol. The van der Waals surface area contributed by atoms with Crippen LogP contribution in [-0.2, 0) is 9.53 Å². The molecule has 0 saturated heterocycles. The van der Waals surface area contributed by atoms with Gasteiger partial charge in [0.25, 0.3) is 0 Å². The Kier molecular flexibility index (Phi) is 4.77. The maximum absolute atomic E-state index is 12.1. The fraction of sp³-hybridized carbons (Fsp3) is 0.267. The predicted octanol–water partition coefficient (Wildman–Crippen LogP) is 2.15. The van der Waals surface area contributed by atoms with Crippen LogP contribution < -0.4 is 15.6 Å². The molecule has 7 nitrogen and oxygen atoms in total. The molecule has 0 radical (unpaired) electrons. The fourth-order valence-corrected chi connectivity index (χ4v) is 1.85. The van der Waals surface area contributed by atoms with Crippen LogP contribution in [0.25, 0.3) is 11.0 Å². The zero-order valence-electron chi connectivity index (χ0n) is 12.5. The van der Waals surface area contributed by atoms with Crippen molar-refractivity contribution < 1.29 is 18.7 Å². The van der Waals surface area contributed by atoms with E-state index >= 15 is 0 Å².